The van der Waals surface area contributed by atoms with Crippen molar-refractivity contribution in [2.45, 2.75) is 13.0 Å². The monoisotopic (exact) mass is 197 g/mol. The molecule has 70 valence electrons. The van der Waals surface area contributed by atoms with E-state index in [-0.39, 0.29) is 18.4 Å². The Labute approximate surface area is 82.8 Å². The van der Waals surface area contributed by atoms with E-state index < -0.39 is 0 Å². The number of nitrogens with one attached hydrogen (secondary N) is 1. The van der Waals surface area contributed by atoms with E-state index in [0.717, 1.165) is 16.7 Å². The molecule has 0 spiro atoms. The Morgan fingerprint density at radius 1 is 1.38 bits per heavy atom. The van der Waals surface area contributed by atoms with E-state index in [1.807, 2.05) is 31.3 Å². The molecule has 2 heterocycles. The first-order chi connectivity index (χ1) is 5.77. The van der Waals surface area contributed by atoms with Gasteiger partial charge in [-0.3, -0.25) is 0 Å². The summed E-state index contributed by atoms with van der Waals surface area (Å²) in [5.41, 5.74) is 8.66. The van der Waals surface area contributed by atoms with Gasteiger partial charge in [-0.05, 0) is 25.1 Å². The van der Waals surface area contributed by atoms with Gasteiger partial charge in [-0.25, -0.2) is 4.98 Å². The maximum atomic E-state index is 5.70. The zero-order chi connectivity index (χ0) is 8.55. The summed E-state index contributed by atoms with van der Waals surface area (Å²) < 4.78 is 0. The third kappa shape index (κ3) is 1.82. The second-order valence-electron chi connectivity index (χ2n) is 2.94. The summed E-state index contributed by atoms with van der Waals surface area (Å²) in [7, 11) is 0. The quantitative estimate of drug-likeness (QED) is 0.735. The number of H-pyrrole nitrogens is 1. The topological polar surface area (TPSA) is 54.7 Å². The Morgan fingerprint density at radius 2 is 2.15 bits per heavy atom. The molecule has 0 aliphatic carbocycles. The van der Waals surface area contributed by atoms with Gasteiger partial charge in [-0.1, -0.05) is 0 Å². The molecule has 0 aliphatic rings. The molecular weight excluding hydrogens is 186 g/mol. The molecule has 0 amide bonds. The van der Waals surface area contributed by atoms with Gasteiger partial charge in [0.1, 0.15) is 0 Å². The summed E-state index contributed by atoms with van der Waals surface area (Å²) in [6.07, 6.45) is 1.88. The highest BCUT2D eigenvalue weighted by Crippen LogP contribution is 2.13. The van der Waals surface area contributed by atoms with Gasteiger partial charge in [0.15, 0.2) is 0 Å². The molecule has 0 saturated heterocycles. The Bertz CT molecular complexity index is 394. The standard InChI is InChI=1S/C9H11N3.ClH/c1-6(10)7-2-3-8-9(12-7)4-5-11-8;/h2-6,11H,10H2,1H3;1H/t6-;/m1./s1. The van der Waals surface area contributed by atoms with Crippen molar-refractivity contribution in [1.82, 2.24) is 9.97 Å². The Balaban J connectivity index is 0.000000845. The lowest BCUT2D eigenvalue weighted by atomic mass is 10.2. The van der Waals surface area contributed by atoms with Crippen LogP contribution in [0.15, 0.2) is 24.4 Å². The summed E-state index contributed by atoms with van der Waals surface area (Å²) in [5.74, 6) is 0. The Morgan fingerprint density at radius 3 is 2.85 bits per heavy atom. The lowest BCUT2D eigenvalue weighted by Crippen LogP contribution is -2.06. The van der Waals surface area contributed by atoms with Crippen LogP contribution in [0.4, 0.5) is 0 Å². The van der Waals surface area contributed by atoms with Crippen LogP contribution in [0, 0.1) is 0 Å². The third-order valence-electron chi connectivity index (χ3n) is 1.89. The molecule has 13 heavy (non-hydrogen) atoms. The number of hydrogen-bond donors (Lipinski definition) is 2. The van der Waals surface area contributed by atoms with E-state index in [1.54, 1.807) is 0 Å². The maximum Gasteiger partial charge on any atom is 0.0882 e. The highest BCUT2D eigenvalue weighted by atomic mass is 35.5. The molecule has 3 N–H and O–H groups in total. The van der Waals surface area contributed by atoms with Crippen LogP contribution in [0.1, 0.15) is 18.7 Å². The zero-order valence-electron chi connectivity index (χ0n) is 7.32. The fourth-order valence-electron chi connectivity index (χ4n) is 1.20. The fourth-order valence-corrected chi connectivity index (χ4v) is 1.20. The number of pyridine rings is 1. The first-order valence-electron chi connectivity index (χ1n) is 3.97. The molecule has 0 fully saturated rings. The minimum atomic E-state index is 0. The van der Waals surface area contributed by atoms with Crippen LogP contribution in [0.5, 0.6) is 0 Å². The van der Waals surface area contributed by atoms with Crippen molar-refractivity contribution in [2.24, 2.45) is 5.73 Å². The van der Waals surface area contributed by atoms with Crippen LogP contribution in [-0.4, -0.2) is 9.97 Å². The molecule has 1 atom stereocenters. The summed E-state index contributed by atoms with van der Waals surface area (Å²) in [6, 6.07) is 5.90. The maximum absolute atomic E-state index is 5.70. The van der Waals surface area contributed by atoms with Crippen molar-refractivity contribution in [1.29, 1.82) is 0 Å². The third-order valence-corrected chi connectivity index (χ3v) is 1.89. The van der Waals surface area contributed by atoms with Gasteiger partial charge in [0.25, 0.3) is 0 Å². The lowest BCUT2D eigenvalue weighted by Gasteiger charge is -2.02. The largest absolute Gasteiger partial charge is 0.360 e. The zero-order valence-corrected chi connectivity index (χ0v) is 8.14. The van der Waals surface area contributed by atoms with Crippen LogP contribution in [0.2, 0.25) is 0 Å². The normalized spacial score (nSPS) is 12.5. The minimum absolute atomic E-state index is 0. The number of nitrogens with zero attached hydrogens (tertiary/aromatic N) is 1. The van der Waals surface area contributed by atoms with E-state index >= 15 is 0 Å². The first kappa shape index (κ1) is 10.0. The fraction of sp³-hybridized carbons (Fsp3) is 0.222. The van der Waals surface area contributed by atoms with Gasteiger partial charge in [0.05, 0.1) is 16.7 Å². The van der Waals surface area contributed by atoms with Crippen molar-refractivity contribution in [3.05, 3.63) is 30.1 Å². The van der Waals surface area contributed by atoms with Gasteiger partial charge in [0.2, 0.25) is 0 Å². The Kier molecular flexibility index (Phi) is 2.90. The van der Waals surface area contributed by atoms with E-state index in [1.165, 1.54) is 0 Å². The van der Waals surface area contributed by atoms with Gasteiger partial charge >= 0.3 is 0 Å². The molecule has 0 aromatic carbocycles. The van der Waals surface area contributed by atoms with E-state index in [4.69, 9.17) is 5.73 Å². The summed E-state index contributed by atoms with van der Waals surface area (Å²) in [6.45, 7) is 1.93. The summed E-state index contributed by atoms with van der Waals surface area (Å²) in [5, 5.41) is 0. The van der Waals surface area contributed by atoms with Crippen LogP contribution < -0.4 is 5.73 Å². The van der Waals surface area contributed by atoms with Crippen LogP contribution in [0.25, 0.3) is 11.0 Å². The van der Waals surface area contributed by atoms with Crippen LogP contribution in [-0.2, 0) is 0 Å². The predicted molar refractivity (Wildman–Crippen MR) is 55.9 cm³/mol. The van der Waals surface area contributed by atoms with E-state index in [9.17, 15) is 0 Å². The van der Waals surface area contributed by atoms with Crippen molar-refractivity contribution < 1.29 is 0 Å². The second kappa shape index (κ2) is 3.77. The number of rotatable bonds is 1. The molecule has 2 aromatic heterocycles. The average molecular weight is 198 g/mol. The predicted octanol–water partition coefficient (Wildman–Crippen LogP) is 2.00. The number of aromatic amines is 1. The number of hydrogen-bond acceptors (Lipinski definition) is 2. The van der Waals surface area contributed by atoms with Crippen LogP contribution in [0.3, 0.4) is 0 Å². The van der Waals surface area contributed by atoms with E-state index in [0.29, 0.717) is 0 Å². The number of halogens is 1. The number of nitrogens with two attached hydrogens (primary N) is 1. The molecule has 3 nitrogen and oxygen atoms in total. The summed E-state index contributed by atoms with van der Waals surface area (Å²) >= 11 is 0. The highest BCUT2D eigenvalue weighted by Gasteiger charge is 2.01. The van der Waals surface area contributed by atoms with Gasteiger partial charge in [0, 0.05) is 12.2 Å². The SMILES string of the molecule is C[C@@H](N)c1ccc2[nH]ccc2n1.Cl. The molecule has 0 aliphatic heterocycles. The smallest absolute Gasteiger partial charge is 0.0882 e. The number of aromatic nitrogens is 2. The summed E-state index contributed by atoms with van der Waals surface area (Å²) in [4.78, 5) is 7.46. The van der Waals surface area contributed by atoms with Crippen molar-refractivity contribution in [3.8, 4) is 0 Å². The van der Waals surface area contributed by atoms with Crippen molar-refractivity contribution in [2.75, 3.05) is 0 Å². The minimum Gasteiger partial charge on any atom is -0.360 e. The highest BCUT2D eigenvalue weighted by molar-refractivity contribution is 5.85. The number of fused-ring (bicyclic) bond motifs is 1. The molecular formula is C9H12ClN3. The molecule has 0 radical (unpaired) electrons. The molecule has 0 bridgehead atoms. The Hall–Kier alpha value is -1.06. The van der Waals surface area contributed by atoms with Crippen molar-refractivity contribution >= 4 is 23.4 Å². The average Bonchev–Trinajstić information content (AvgIpc) is 2.49. The second-order valence-corrected chi connectivity index (χ2v) is 2.94. The van der Waals surface area contributed by atoms with E-state index in [2.05, 4.69) is 9.97 Å². The molecule has 2 rings (SSSR count). The van der Waals surface area contributed by atoms with Crippen LogP contribution >= 0.6 is 12.4 Å². The molecule has 2 aromatic rings. The van der Waals surface area contributed by atoms with Gasteiger partial charge < -0.3 is 10.7 Å². The van der Waals surface area contributed by atoms with Gasteiger partial charge in [-0.2, -0.15) is 0 Å². The lowest BCUT2D eigenvalue weighted by molar-refractivity contribution is 0.787. The first-order valence-corrected chi connectivity index (χ1v) is 3.97. The molecule has 0 unspecified atom stereocenters. The van der Waals surface area contributed by atoms with Gasteiger partial charge in [-0.15, -0.1) is 12.4 Å². The van der Waals surface area contributed by atoms with Crippen molar-refractivity contribution in [3.63, 3.8) is 0 Å². The molecule has 4 heteroatoms. The molecule has 0 saturated carbocycles.